The summed E-state index contributed by atoms with van der Waals surface area (Å²) in [7, 11) is 1.63. The molecule has 12 heteroatoms. The number of piperidine rings is 1. The Morgan fingerprint density at radius 3 is 2.70 bits per heavy atom. The second-order valence-corrected chi connectivity index (χ2v) is 14.2. The number of nitrogens with zero attached hydrogens (tertiary/aromatic N) is 6. The number of H-pyrrole nitrogens is 1. The standard InChI is InChI=1S/C35H40N8O4/c1-35(2,3)47-34(45)40-29-23-9-10-26(29)42(19-23)33(44)24-12-25-30(28(14-24)46-4)43(18-21-15-37-38-16-21)32(39-25)27-13-22-6-5-11-36-31(22)41(27)17-20-7-8-20/h5-6,11-16,20,23,26,29H,7-10,17-19H2,1-4H3,(H,37,38)(H,40,45)/t23?,26?,29-/m1/s1. The van der Waals surface area contributed by atoms with Crippen LogP contribution in [0.2, 0.25) is 0 Å². The van der Waals surface area contributed by atoms with E-state index in [0.29, 0.717) is 35.8 Å². The number of ether oxygens (including phenoxy) is 2. The first-order chi connectivity index (χ1) is 22.7. The fraction of sp³-hybridized carbons (Fsp3) is 0.457. The summed E-state index contributed by atoms with van der Waals surface area (Å²) in [6.07, 6.45) is 9.30. The first-order valence-corrected chi connectivity index (χ1v) is 16.5. The maximum atomic E-state index is 14.2. The largest absolute Gasteiger partial charge is 0.494 e. The SMILES string of the molecule is COc1cc(C(=O)N2CC3CCC2[C@@H]3NC(=O)OC(C)(C)C)cc2nc(-c3cc4cccnc4n3CC3CC3)n(Cc3cn[nH]c3)c12. The van der Waals surface area contributed by atoms with Crippen LogP contribution in [0, 0.1) is 11.8 Å². The molecule has 2 N–H and O–H groups in total. The third-order valence-electron chi connectivity index (χ3n) is 9.72. The van der Waals surface area contributed by atoms with E-state index in [-0.39, 0.29) is 23.9 Å². The molecule has 2 saturated carbocycles. The molecular formula is C35H40N8O4. The van der Waals surface area contributed by atoms with Gasteiger partial charge in [-0.3, -0.25) is 9.89 Å². The molecule has 5 aromatic rings. The zero-order valence-electron chi connectivity index (χ0n) is 27.2. The summed E-state index contributed by atoms with van der Waals surface area (Å²) in [5.74, 6) is 2.07. The molecule has 2 aliphatic carbocycles. The maximum Gasteiger partial charge on any atom is 0.407 e. The lowest BCUT2D eigenvalue weighted by Crippen LogP contribution is -2.46. The van der Waals surface area contributed by atoms with Gasteiger partial charge < -0.3 is 28.8 Å². The first-order valence-electron chi connectivity index (χ1n) is 16.5. The molecule has 47 heavy (non-hydrogen) atoms. The van der Waals surface area contributed by atoms with Gasteiger partial charge in [-0.05, 0) is 88.6 Å². The van der Waals surface area contributed by atoms with Crippen LogP contribution in [-0.2, 0) is 17.8 Å². The Kier molecular flexibility index (Phi) is 6.99. The van der Waals surface area contributed by atoms with Gasteiger partial charge in [0, 0.05) is 42.0 Å². The number of nitrogens with one attached hydrogen (secondary N) is 2. The number of carbonyl (C=O) groups is 2. The Bertz CT molecular complexity index is 1980. The summed E-state index contributed by atoms with van der Waals surface area (Å²) in [5.41, 5.74) is 4.32. The number of aromatic nitrogens is 6. The van der Waals surface area contributed by atoms with E-state index in [9.17, 15) is 9.59 Å². The van der Waals surface area contributed by atoms with E-state index >= 15 is 0 Å². The molecule has 1 aliphatic heterocycles. The van der Waals surface area contributed by atoms with E-state index in [1.807, 2.05) is 62.5 Å². The lowest BCUT2D eigenvalue weighted by molar-refractivity contribution is 0.0485. The van der Waals surface area contributed by atoms with Crippen molar-refractivity contribution in [2.45, 2.75) is 77.2 Å². The summed E-state index contributed by atoms with van der Waals surface area (Å²) in [4.78, 5) is 38.7. The Balaban J connectivity index is 1.19. The topological polar surface area (TPSA) is 132 Å². The number of hydrogen-bond donors (Lipinski definition) is 2. The number of amides is 2. The third kappa shape index (κ3) is 5.39. The van der Waals surface area contributed by atoms with Gasteiger partial charge in [0.1, 0.15) is 22.5 Å². The highest BCUT2D eigenvalue weighted by Gasteiger charge is 2.50. The van der Waals surface area contributed by atoms with Gasteiger partial charge in [0.05, 0.1) is 43.1 Å². The van der Waals surface area contributed by atoms with Crippen LogP contribution in [-0.4, -0.2) is 77.5 Å². The van der Waals surface area contributed by atoms with Crippen LogP contribution in [0.3, 0.4) is 0 Å². The molecule has 1 saturated heterocycles. The van der Waals surface area contributed by atoms with Gasteiger partial charge in [-0.15, -0.1) is 0 Å². The van der Waals surface area contributed by atoms with Crippen molar-refractivity contribution in [1.82, 2.24) is 39.5 Å². The predicted octanol–water partition coefficient (Wildman–Crippen LogP) is 5.37. The normalized spacial score (nSPS) is 20.8. The molecule has 0 spiro atoms. The fourth-order valence-corrected chi connectivity index (χ4v) is 7.48. The van der Waals surface area contributed by atoms with Gasteiger partial charge in [-0.1, -0.05) is 0 Å². The number of imidazole rings is 1. The van der Waals surface area contributed by atoms with Crippen molar-refractivity contribution >= 4 is 34.1 Å². The number of alkyl carbamates (subject to hydrolysis) is 1. The Labute approximate surface area is 272 Å². The number of hydrogen-bond acceptors (Lipinski definition) is 7. The number of methoxy groups -OCH3 is 1. The van der Waals surface area contributed by atoms with Gasteiger partial charge in [0.25, 0.3) is 5.91 Å². The van der Waals surface area contributed by atoms with Gasteiger partial charge in [0.15, 0.2) is 5.82 Å². The van der Waals surface area contributed by atoms with E-state index in [1.165, 1.54) is 12.8 Å². The van der Waals surface area contributed by atoms with Gasteiger partial charge in [0.2, 0.25) is 0 Å². The zero-order valence-corrected chi connectivity index (χ0v) is 27.2. The number of rotatable bonds is 8. The second kappa shape index (κ2) is 11.1. The molecule has 1 aromatic carbocycles. The molecule has 0 radical (unpaired) electrons. The maximum absolute atomic E-state index is 14.2. The predicted molar refractivity (Wildman–Crippen MR) is 176 cm³/mol. The van der Waals surface area contributed by atoms with Crippen molar-refractivity contribution in [3.63, 3.8) is 0 Å². The lowest BCUT2D eigenvalue weighted by atomic mass is 10.1. The molecule has 2 unspecified atom stereocenters. The average Bonchev–Trinajstić information content (AvgIpc) is 3.42. The van der Waals surface area contributed by atoms with Crippen LogP contribution < -0.4 is 10.1 Å². The quantitative estimate of drug-likeness (QED) is 0.234. The number of aromatic amines is 1. The lowest BCUT2D eigenvalue weighted by Gasteiger charge is -2.28. The van der Waals surface area contributed by atoms with Crippen molar-refractivity contribution in [2.75, 3.05) is 13.7 Å². The molecule has 2 bridgehead atoms. The smallest absolute Gasteiger partial charge is 0.407 e. The number of pyridine rings is 1. The van der Waals surface area contributed by atoms with Crippen LogP contribution in [0.1, 0.15) is 62.4 Å². The van der Waals surface area contributed by atoms with Crippen LogP contribution >= 0.6 is 0 Å². The van der Waals surface area contributed by atoms with Crippen LogP contribution in [0.15, 0.2) is 48.9 Å². The molecule has 12 nitrogen and oxygen atoms in total. The Morgan fingerprint density at radius 1 is 1.11 bits per heavy atom. The van der Waals surface area contributed by atoms with E-state index in [0.717, 1.165) is 53.0 Å². The Morgan fingerprint density at radius 2 is 1.96 bits per heavy atom. The highest BCUT2D eigenvalue weighted by molar-refractivity contribution is 6.00. The molecule has 3 atom stereocenters. The zero-order chi connectivity index (χ0) is 32.4. The monoisotopic (exact) mass is 636 g/mol. The summed E-state index contributed by atoms with van der Waals surface area (Å²) in [5, 5.41) is 11.2. The molecule has 5 heterocycles. The highest BCUT2D eigenvalue weighted by atomic mass is 16.6. The average molecular weight is 637 g/mol. The molecule has 3 aliphatic rings. The molecule has 8 rings (SSSR count). The van der Waals surface area contributed by atoms with Gasteiger partial charge in [-0.2, -0.15) is 5.10 Å². The molecule has 2 amide bonds. The molecular weight excluding hydrogens is 596 g/mol. The van der Waals surface area contributed by atoms with Crippen LogP contribution in [0.25, 0.3) is 33.6 Å². The summed E-state index contributed by atoms with van der Waals surface area (Å²) in [6, 6.07) is 9.68. The van der Waals surface area contributed by atoms with Gasteiger partial charge >= 0.3 is 6.09 Å². The number of likely N-dealkylation sites (tertiary alicyclic amines) is 1. The molecule has 3 fully saturated rings. The summed E-state index contributed by atoms with van der Waals surface area (Å²) in [6.45, 7) is 7.51. The minimum absolute atomic E-state index is 0.0913. The van der Waals surface area contributed by atoms with Crippen molar-refractivity contribution in [1.29, 1.82) is 0 Å². The minimum Gasteiger partial charge on any atom is -0.494 e. The molecule has 4 aromatic heterocycles. The van der Waals surface area contributed by atoms with Crippen molar-refractivity contribution in [3.05, 3.63) is 60.0 Å². The minimum atomic E-state index is -0.591. The summed E-state index contributed by atoms with van der Waals surface area (Å²) < 4.78 is 16.0. The van der Waals surface area contributed by atoms with Crippen molar-refractivity contribution < 1.29 is 19.1 Å². The Hall–Kier alpha value is -4.87. The summed E-state index contributed by atoms with van der Waals surface area (Å²) >= 11 is 0. The number of carbonyl (C=O) groups excluding carboxylic acids is 2. The molecule has 244 valence electrons. The van der Waals surface area contributed by atoms with Crippen LogP contribution in [0.5, 0.6) is 5.75 Å². The van der Waals surface area contributed by atoms with E-state index in [1.54, 1.807) is 7.11 Å². The van der Waals surface area contributed by atoms with Gasteiger partial charge in [-0.25, -0.2) is 14.8 Å². The highest BCUT2D eigenvalue weighted by Crippen LogP contribution is 2.41. The van der Waals surface area contributed by atoms with E-state index < -0.39 is 11.7 Å². The first kappa shape index (κ1) is 29.5. The number of benzene rings is 1. The van der Waals surface area contributed by atoms with Crippen molar-refractivity contribution in [2.24, 2.45) is 11.8 Å². The van der Waals surface area contributed by atoms with Crippen LogP contribution in [0.4, 0.5) is 4.79 Å². The van der Waals surface area contributed by atoms with E-state index in [2.05, 4.69) is 36.8 Å². The third-order valence-corrected chi connectivity index (χ3v) is 9.72. The fourth-order valence-electron chi connectivity index (χ4n) is 7.48. The number of fused-ring (bicyclic) bond motifs is 4. The van der Waals surface area contributed by atoms with E-state index in [4.69, 9.17) is 19.4 Å². The second-order valence-electron chi connectivity index (χ2n) is 14.2. The van der Waals surface area contributed by atoms with Crippen molar-refractivity contribution in [3.8, 4) is 17.3 Å².